The van der Waals surface area contributed by atoms with E-state index in [0.717, 1.165) is 25.9 Å². The van der Waals surface area contributed by atoms with Crippen molar-refractivity contribution in [2.45, 2.75) is 95.1 Å². The Bertz CT molecular complexity index is 325. The van der Waals surface area contributed by atoms with Gasteiger partial charge in [0.2, 0.25) is 0 Å². The predicted molar refractivity (Wildman–Crippen MR) is 101 cm³/mol. The number of hydrogen-bond donors (Lipinski definition) is 4. The molecular formula is C18H37NO5S. The van der Waals surface area contributed by atoms with Crippen molar-refractivity contribution in [3.05, 3.63) is 0 Å². The van der Waals surface area contributed by atoms with Gasteiger partial charge in [-0.2, -0.15) is 0 Å². The highest BCUT2D eigenvalue weighted by Gasteiger charge is 2.46. The number of ether oxygens (including phenoxy) is 1. The van der Waals surface area contributed by atoms with Crippen molar-refractivity contribution in [2.24, 2.45) is 0 Å². The van der Waals surface area contributed by atoms with Crippen LogP contribution in [0.2, 0.25) is 0 Å². The van der Waals surface area contributed by atoms with Gasteiger partial charge in [0.15, 0.2) is 0 Å². The van der Waals surface area contributed by atoms with Crippen LogP contribution in [0, 0.1) is 0 Å². The molecule has 0 aromatic rings. The van der Waals surface area contributed by atoms with Gasteiger partial charge in [-0.1, -0.05) is 52.4 Å². The lowest BCUT2D eigenvalue weighted by molar-refractivity contribution is -0.0715. The molecule has 0 amide bonds. The van der Waals surface area contributed by atoms with E-state index in [9.17, 15) is 15.3 Å². The summed E-state index contributed by atoms with van der Waals surface area (Å²) in [5, 5.41) is 39.1. The molecule has 1 heterocycles. The molecular weight excluding hydrogens is 342 g/mol. The highest BCUT2D eigenvalue weighted by Crippen LogP contribution is 2.33. The van der Waals surface area contributed by atoms with Gasteiger partial charge in [-0.3, -0.25) is 0 Å². The Balaban J connectivity index is 2.52. The zero-order valence-electron chi connectivity index (χ0n) is 15.7. The largest absolute Gasteiger partial charge is 0.394 e. The van der Waals surface area contributed by atoms with Crippen LogP contribution in [-0.4, -0.2) is 74.3 Å². The third-order valence-corrected chi connectivity index (χ3v) is 5.86. The van der Waals surface area contributed by atoms with Crippen molar-refractivity contribution in [1.82, 2.24) is 4.31 Å². The van der Waals surface area contributed by atoms with Gasteiger partial charge in [-0.25, -0.2) is 4.31 Å². The second-order valence-corrected chi connectivity index (χ2v) is 8.05. The minimum absolute atomic E-state index is 0.496. The fourth-order valence-corrected chi connectivity index (χ4v) is 4.20. The van der Waals surface area contributed by atoms with E-state index >= 15 is 0 Å². The van der Waals surface area contributed by atoms with Crippen LogP contribution in [0.5, 0.6) is 0 Å². The molecule has 1 fully saturated rings. The molecule has 0 bridgehead atoms. The summed E-state index contributed by atoms with van der Waals surface area (Å²) >= 11 is 1.42. The van der Waals surface area contributed by atoms with Crippen molar-refractivity contribution in [2.75, 3.05) is 19.7 Å². The van der Waals surface area contributed by atoms with Crippen molar-refractivity contribution in [1.29, 1.82) is 0 Å². The molecule has 25 heavy (non-hydrogen) atoms. The molecule has 1 aliphatic heterocycles. The summed E-state index contributed by atoms with van der Waals surface area (Å²) in [6.45, 7) is 5.73. The lowest BCUT2D eigenvalue weighted by atomic mass is 10.1. The van der Waals surface area contributed by atoms with E-state index in [1.54, 1.807) is 0 Å². The van der Waals surface area contributed by atoms with Gasteiger partial charge in [0.1, 0.15) is 29.9 Å². The van der Waals surface area contributed by atoms with E-state index in [0.29, 0.717) is 0 Å². The van der Waals surface area contributed by atoms with E-state index in [1.807, 2.05) is 0 Å². The number of hydrogen-bond acceptors (Lipinski definition) is 7. The summed E-state index contributed by atoms with van der Waals surface area (Å²) in [4.78, 5) is 0. The number of aliphatic hydroxyl groups excluding tert-OH is 4. The van der Waals surface area contributed by atoms with Crippen LogP contribution in [0.25, 0.3) is 0 Å². The van der Waals surface area contributed by atoms with Crippen LogP contribution < -0.4 is 0 Å². The normalized spacial score (nSPS) is 28.0. The summed E-state index contributed by atoms with van der Waals surface area (Å²) in [6, 6.07) is 0. The molecule has 0 aromatic heterocycles. The summed E-state index contributed by atoms with van der Waals surface area (Å²) in [5.74, 6) is 0. The Morgan fingerprint density at radius 2 is 1.48 bits per heavy atom. The summed E-state index contributed by atoms with van der Waals surface area (Å²) in [5.41, 5.74) is -0.612. The maximum absolute atomic E-state index is 10.2. The smallest absolute Gasteiger partial charge is 0.146 e. The average Bonchev–Trinajstić information content (AvgIpc) is 2.89. The van der Waals surface area contributed by atoms with Gasteiger partial charge >= 0.3 is 0 Å². The van der Waals surface area contributed by atoms with Gasteiger partial charge in [0.25, 0.3) is 0 Å². The number of unbranched alkanes of at least 4 members (excludes halogenated alkanes) is 6. The predicted octanol–water partition coefficient (Wildman–Crippen LogP) is 1.90. The molecule has 1 rings (SSSR count). The number of nitrogens with zero attached hydrogens (tertiary/aromatic N) is 1. The highest BCUT2D eigenvalue weighted by molar-refractivity contribution is 7.97. The molecule has 6 nitrogen and oxygen atoms in total. The second-order valence-electron chi connectivity index (χ2n) is 6.86. The third kappa shape index (κ3) is 8.12. The second kappa shape index (κ2) is 13.3. The molecule has 0 saturated carbocycles. The maximum Gasteiger partial charge on any atom is 0.146 e. The fraction of sp³-hybridized carbons (Fsp3) is 1.00. The molecule has 1 aliphatic rings. The van der Waals surface area contributed by atoms with Crippen molar-refractivity contribution in [3.63, 3.8) is 0 Å². The average molecular weight is 380 g/mol. The van der Waals surface area contributed by atoms with Crippen LogP contribution in [0.1, 0.15) is 65.2 Å². The first-order valence-electron chi connectivity index (χ1n) is 9.77. The molecule has 4 N–H and O–H groups in total. The molecule has 0 spiro atoms. The van der Waals surface area contributed by atoms with Gasteiger partial charge in [-0.05, 0) is 24.8 Å². The lowest BCUT2D eigenvalue weighted by Crippen LogP contribution is -2.40. The fourth-order valence-electron chi connectivity index (χ4n) is 2.97. The molecule has 150 valence electrons. The third-order valence-electron chi connectivity index (χ3n) is 4.60. The van der Waals surface area contributed by atoms with Crippen LogP contribution in [-0.2, 0) is 4.74 Å². The number of rotatable bonds is 14. The van der Waals surface area contributed by atoms with Gasteiger partial charge in [0, 0.05) is 13.1 Å². The number of aliphatic hydroxyl groups is 4. The minimum atomic E-state index is -1.18. The van der Waals surface area contributed by atoms with Gasteiger partial charge in [-0.15, -0.1) is 0 Å². The molecule has 5 atom stereocenters. The van der Waals surface area contributed by atoms with E-state index in [1.165, 1.54) is 50.5 Å². The SMILES string of the molecule is CCCCCCN(CCCCCC)S[C@@H]1O[C@@H]([C@H](O)CO)[C@H](O)[C@H]1O. The topological polar surface area (TPSA) is 93.4 Å². The maximum atomic E-state index is 10.2. The van der Waals surface area contributed by atoms with E-state index in [-0.39, 0.29) is 0 Å². The van der Waals surface area contributed by atoms with Crippen LogP contribution >= 0.6 is 11.9 Å². The van der Waals surface area contributed by atoms with Crippen molar-refractivity contribution in [3.8, 4) is 0 Å². The molecule has 1 saturated heterocycles. The Labute approximate surface area is 156 Å². The summed E-state index contributed by atoms with van der Waals surface area (Å²) < 4.78 is 7.86. The van der Waals surface area contributed by atoms with Crippen molar-refractivity contribution < 1.29 is 25.2 Å². The standard InChI is InChI=1S/C18H37NO5S/c1-3-5-7-9-11-19(12-10-8-6-4-2)25-18-16(23)15(22)17(24-18)14(21)13-20/h14-18,20-23H,3-13H2,1-2H3/t14-,15-,16-,17+,18+/m1/s1. The zero-order chi connectivity index (χ0) is 18.7. The zero-order valence-corrected chi connectivity index (χ0v) is 16.5. The molecule has 7 heteroatoms. The van der Waals surface area contributed by atoms with Crippen LogP contribution in [0.3, 0.4) is 0 Å². The van der Waals surface area contributed by atoms with Crippen molar-refractivity contribution >= 4 is 11.9 Å². The van der Waals surface area contributed by atoms with Crippen LogP contribution in [0.15, 0.2) is 0 Å². The monoisotopic (exact) mass is 379 g/mol. The Hall–Kier alpha value is 0.110. The van der Waals surface area contributed by atoms with E-state index in [2.05, 4.69) is 18.2 Å². The molecule has 0 unspecified atom stereocenters. The Morgan fingerprint density at radius 1 is 0.920 bits per heavy atom. The Morgan fingerprint density at radius 3 is 1.96 bits per heavy atom. The summed E-state index contributed by atoms with van der Waals surface area (Å²) in [7, 11) is 0. The highest BCUT2D eigenvalue weighted by atomic mass is 32.2. The van der Waals surface area contributed by atoms with Gasteiger partial charge in [0.05, 0.1) is 6.61 Å². The van der Waals surface area contributed by atoms with E-state index in [4.69, 9.17) is 9.84 Å². The Kier molecular flexibility index (Phi) is 12.3. The first-order chi connectivity index (χ1) is 12.0. The quantitative estimate of drug-likeness (QED) is 0.270. The molecule has 0 aliphatic carbocycles. The molecule has 0 radical (unpaired) electrons. The first-order valence-corrected chi connectivity index (χ1v) is 10.6. The summed E-state index contributed by atoms with van der Waals surface area (Å²) in [6.07, 6.45) is 5.04. The first kappa shape index (κ1) is 23.1. The lowest BCUT2D eigenvalue weighted by Gasteiger charge is -2.26. The van der Waals surface area contributed by atoms with Crippen LogP contribution in [0.4, 0.5) is 0 Å². The van der Waals surface area contributed by atoms with E-state index < -0.39 is 36.5 Å². The minimum Gasteiger partial charge on any atom is -0.394 e. The van der Waals surface area contributed by atoms with Gasteiger partial charge < -0.3 is 25.2 Å². The molecule has 0 aromatic carbocycles.